The van der Waals surface area contributed by atoms with Crippen molar-refractivity contribution < 1.29 is 13.9 Å². The summed E-state index contributed by atoms with van der Waals surface area (Å²) in [5, 5.41) is 1.10. The lowest BCUT2D eigenvalue weighted by atomic mass is 10.1. The second kappa shape index (κ2) is 6.84. The van der Waals surface area contributed by atoms with E-state index < -0.39 is 5.97 Å². The van der Waals surface area contributed by atoms with E-state index in [9.17, 15) is 9.59 Å². The minimum atomic E-state index is -0.536. The minimum absolute atomic E-state index is 0.209. The summed E-state index contributed by atoms with van der Waals surface area (Å²) >= 11 is 0. The minimum Gasteiger partial charge on any atom is -0.465 e. The molecule has 0 aliphatic heterocycles. The van der Waals surface area contributed by atoms with E-state index in [1.807, 2.05) is 59.2 Å². The molecule has 0 aliphatic rings. The molecule has 0 N–H and O–H groups in total. The summed E-state index contributed by atoms with van der Waals surface area (Å²) in [5.74, 6) is -0.536. The first-order chi connectivity index (χ1) is 14.6. The molecule has 0 fully saturated rings. The van der Waals surface area contributed by atoms with Gasteiger partial charge in [-0.1, -0.05) is 42.5 Å². The first kappa shape index (κ1) is 18.1. The quantitative estimate of drug-likeness (QED) is 0.420. The molecule has 0 atom stereocenters. The zero-order valence-electron chi connectivity index (χ0n) is 16.5. The van der Waals surface area contributed by atoms with Crippen LogP contribution in [-0.4, -0.2) is 22.6 Å². The van der Waals surface area contributed by atoms with Crippen LogP contribution in [0.5, 0.6) is 0 Å². The Labute approximate surface area is 171 Å². The number of aryl methyl sites for hydroxylation is 1. The second-order valence-electron chi connectivity index (χ2n) is 7.16. The molecule has 3 heterocycles. The zero-order chi connectivity index (χ0) is 20.8. The highest BCUT2D eigenvalue weighted by atomic mass is 16.5. The molecule has 5 aromatic rings. The largest absolute Gasteiger partial charge is 0.465 e. The van der Waals surface area contributed by atoms with Crippen molar-refractivity contribution in [2.45, 2.75) is 13.5 Å². The fourth-order valence-electron chi connectivity index (χ4n) is 3.90. The summed E-state index contributed by atoms with van der Waals surface area (Å²) in [6, 6.07) is 19.2. The SMILES string of the molecule is COC(=O)c1cc2c(=O)c3c(oc2nc1C)c1ccccc1n3Cc1ccccc1. The van der Waals surface area contributed by atoms with Crippen LogP contribution in [-0.2, 0) is 11.3 Å². The molecule has 0 radical (unpaired) electrons. The number of methoxy groups -OCH3 is 1. The van der Waals surface area contributed by atoms with Gasteiger partial charge in [-0.25, -0.2) is 9.78 Å². The van der Waals surface area contributed by atoms with Crippen LogP contribution in [0.3, 0.4) is 0 Å². The van der Waals surface area contributed by atoms with E-state index in [-0.39, 0.29) is 22.1 Å². The molecule has 6 nitrogen and oxygen atoms in total. The maximum absolute atomic E-state index is 13.6. The highest BCUT2D eigenvalue weighted by molar-refractivity contribution is 6.07. The van der Waals surface area contributed by atoms with Crippen LogP contribution in [0.15, 0.2) is 69.9 Å². The van der Waals surface area contributed by atoms with Crippen molar-refractivity contribution >= 4 is 39.1 Å². The molecule has 3 aromatic heterocycles. The van der Waals surface area contributed by atoms with Gasteiger partial charge in [-0.2, -0.15) is 0 Å². The Kier molecular flexibility index (Phi) is 4.13. The maximum atomic E-state index is 13.6. The van der Waals surface area contributed by atoms with E-state index in [0.717, 1.165) is 16.5 Å². The molecule has 30 heavy (non-hydrogen) atoms. The fourth-order valence-corrected chi connectivity index (χ4v) is 3.90. The predicted molar refractivity (Wildman–Crippen MR) is 115 cm³/mol. The molecule has 0 aliphatic carbocycles. The Morgan fingerprint density at radius 1 is 1.07 bits per heavy atom. The Morgan fingerprint density at radius 2 is 1.80 bits per heavy atom. The third-order valence-electron chi connectivity index (χ3n) is 5.35. The Morgan fingerprint density at radius 3 is 2.57 bits per heavy atom. The third kappa shape index (κ3) is 2.69. The number of carbonyl (C=O) groups excluding carboxylic acids is 1. The normalized spacial score (nSPS) is 11.4. The van der Waals surface area contributed by atoms with Crippen molar-refractivity contribution in [2.24, 2.45) is 0 Å². The Bertz CT molecular complexity index is 1500. The number of para-hydroxylation sites is 1. The average Bonchev–Trinajstić information content (AvgIpc) is 3.07. The van der Waals surface area contributed by atoms with Gasteiger partial charge >= 0.3 is 5.97 Å². The van der Waals surface area contributed by atoms with Crippen LogP contribution >= 0.6 is 0 Å². The number of carbonyl (C=O) groups is 1. The molecule has 2 aromatic carbocycles. The van der Waals surface area contributed by atoms with Crippen LogP contribution in [0.1, 0.15) is 21.6 Å². The summed E-state index contributed by atoms with van der Waals surface area (Å²) in [7, 11) is 1.30. The number of pyridine rings is 1. The van der Waals surface area contributed by atoms with Gasteiger partial charge in [0.15, 0.2) is 5.58 Å². The van der Waals surface area contributed by atoms with Crippen molar-refractivity contribution in [3.8, 4) is 0 Å². The number of benzene rings is 2. The summed E-state index contributed by atoms with van der Waals surface area (Å²) in [6.07, 6.45) is 0. The van der Waals surface area contributed by atoms with Gasteiger partial charge in [-0.3, -0.25) is 4.79 Å². The van der Waals surface area contributed by atoms with Gasteiger partial charge in [0.05, 0.1) is 29.3 Å². The van der Waals surface area contributed by atoms with E-state index in [1.54, 1.807) is 6.92 Å². The van der Waals surface area contributed by atoms with Gasteiger partial charge in [0.2, 0.25) is 11.1 Å². The number of hydrogen-bond donors (Lipinski definition) is 0. The van der Waals surface area contributed by atoms with Gasteiger partial charge < -0.3 is 13.7 Å². The van der Waals surface area contributed by atoms with Crippen LogP contribution in [0.2, 0.25) is 0 Å². The summed E-state index contributed by atoms with van der Waals surface area (Å²) < 4.78 is 12.9. The first-order valence-corrected chi connectivity index (χ1v) is 9.56. The van der Waals surface area contributed by atoms with E-state index in [2.05, 4.69) is 4.98 Å². The summed E-state index contributed by atoms with van der Waals surface area (Å²) in [6.45, 7) is 2.21. The lowest BCUT2D eigenvalue weighted by Crippen LogP contribution is -2.12. The van der Waals surface area contributed by atoms with Gasteiger partial charge in [0, 0.05) is 11.9 Å². The molecular weight excluding hydrogens is 380 g/mol. The molecule has 0 saturated carbocycles. The summed E-state index contributed by atoms with van der Waals surface area (Å²) in [5.41, 5.74) is 3.60. The van der Waals surface area contributed by atoms with Crippen molar-refractivity contribution in [3.05, 3.63) is 87.7 Å². The number of nitrogens with zero attached hydrogens (tertiary/aromatic N) is 2. The molecule has 0 saturated heterocycles. The predicted octanol–water partition coefficient (Wildman–Crippen LogP) is 4.44. The Hall–Kier alpha value is -3.93. The van der Waals surface area contributed by atoms with Gasteiger partial charge in [-0.15, -0.1) is 0 Å². The van der Waals surface area contributed by atoms with Crippen molar-refractivity contribution in [3.63, 3.8) is 0 Å². The number of ether oxygens (including phenoxy) is 1. The molecular formula is C24H18N2O4. The molecule has 0 amide bonds. The van der Waals surface area contributed by atoms with Crippen LogP contribution < -0.4 is 5.43 Å². The van der Waals surface area contributed by atoms with E-state index in [0.29, 0.717) is 23.3 Å². The second-order valence-corrected chi connectivity index (χ2v) is 7.16. The zero-order valence-corrected chi connectivity index (χ0v) is 16.5. The molecule has 0 bridgehead atoms. The monoisotopic (exact) mass is 398 g/mol. The number of esters is 1. The average molecular weight is 398 g/mol. The van der Waals surface area contributed by atoms with Crippen molar-refractivity contribution in [1.82, 2.24) is 9.55 Å². The number of aromatic nitrogens is 2. The number of fused-ring (bicyclic) bond motifs is 4. The van der Waals surface area contributed by atoms with Crippen LogP contribution in [0.4, 0.5) is 0 Å². The van der Waals surface area contributed by atoms with Crippen LogP contribution in [0.25, 0.3) is 33.1 Å². The highest BCUT2D eigenvalue weighted by Crippen LogP contribution is 2.30. The lowest BCUT2D eigenvalue weighted by Gasteiger charge is -2.08. The molecule has 0 unspecified atom stereocenters. The number of rotatable bonds is 3. The Balaban J connectivity index is 1.89. The highest BCUT2D eigenvalue weighted by Gasteiger charge is 2.21. The standard InChI is InChI=1S/C24H18N2O4/c1-14-17(24(28)29-2)12-18-21(27)20-22(30-23(18)25-14)16-10-6-7-11-19(16)26(20)13-15-8-4-3-5-9-15/h3-12H,13H2,1-2H3. The third-order valence-corrected chi connectivity index (χ3v) is 5.35. The van der Waals surface area contributed by atoms with E-state index >= 15 is 0 Å². The molecule has 6 heteroatoms. The smallest absolute Gasteiger partial charge is 0.339 e. The van der Waals surface area contributed by atoms with Gasteiger partial charge in [0.25, 0.3) is 0 Å². The van der Waals surface area contributed by atoms with Crippen molar-refractivity contribution in [1.29, 1.82) is 0 Å². The molecule has 0 spiro atoms. The van der Waals surface area contributed by atoms with E-state index in [4.69, 9.17) is 9.15 Å². The van der Waals surface area contributed by atoms with Crippen molar-refractivity contribution in [2.75, 3.05) is 7.11 Å². The van der Waals surface area contributed by atoms with E-state index in [1.165, 1.54) is 13.2 Å². The topological polar surface area (TPSA) is 74.3 Å². The number of hydrogen-bond acceptors (Lipinski definition) is 5. The maximum Gasteiger partial charge on any atom is 0.339 e. The van der Waals surface area contributed by atoms with Gasteiger partial charge in [0.1, 0.15) is 5.52 Å². The fraction of sp³-hybridized carbons (Fsp3) is 0.125. The molecule has 5 rings (SSSR count). The van der Waals surface area contributed by atoms with Gasteiger partial charge in [-0.05, 0) is 30.7 Å². The first-order valence-electron chi connectivity index (χ1n) is 9.56. The summed E-state index contributed by atoms with van der Waals surface area (Å²) in [4.78, 5) is 30.1. The van der Waals surface area contributed by atoms with Crippen LogP contribution in [0, 0.1) is 6.92 Å². The molecule has 148 valence electrons. The lowest BCUT2D eigenvalue weighted by molar-refractivity contribution is 0.0599.